The number of nitrogens with one attached hydrogen (secondary N) is 1. The van der Waals surface area contributed by atoms with Crippen molar-refractivity contribution in [1.82, 2.24) is 0 Å². The van der Waals surface area contributed by atoms with E-state index in [1.54, 1.807) is 0 Å². The Morgan fingerprint density at radius 3 is 1.75 bits per heavy atom. The third-order valence-electron chi connectivity index (χ3n) is 6.90. The van der Waals surface area contributed by atoms with Gasteiger partial charge in [-0.05, 0) is 54.6 Å². The van der Waals surface area contributed by atoms with E-state index in [4.69, 9.17) is 4.74 Å². The minimum absolute atomic E-state index is 0.0536. The van der Waals surface area contributed by atoms with Gasteiger partial charge in [-0.1, -0.05) is 13.2 Å². The monoisotopic (exact) mass is 831 g/mol. The molecule has 4 aromatic rings. The first-order valence-corrected chi connectivity index (χ1v) is 21.4. The molecule has 0 aromatic heterocycles. The molecule has 4 aromatic carbocycles. The maximum atomic E-state index is 12.6. The standard InChI is InChI=1S/C28H25N5O15S5/c1-4-49(35,36)16-7-11-23(48-3)22(12-16)31-33-27-25(53(45,46)47)14-19-18(28(27)34)8-10-21(29-15-51(39,40)41)26(19)32-30-20-9-6-17(50(37,38)5-2)13-24(20)52(42,43)44/h4-14,29,34H,1-2,15H2,3H3,(H,39,40,41)(H,42,43,44)(H,45,46,47). The highest BCUT2D eigenvalue weighted by Gasteiger charge is 2.26. The second-order valence-corrected chi connectivity index (χ2v) is 18.3. The van der Waals surface area contributed by atoms with Crippen molar-refractivity contribution in [2.45, 2.75) is 19.6 Å². The molecule has 0 saturated carbocycles. The van der Waals surface area contributed by atoms with Gasteiger partial charge in [-0.25, -0.2) is 16.8 Å². The van der Waals surface area contributed by atoms with Crippen LogP contribution in [0.3, 0.4) is 0 Å². The van der Waals surface area contributed by atoms with Crippen molar-refractivity contribution in [3.63, 3.8) is 0 Å². The fourth-order valence-electron chi connectivity index (χ4n) is 4.40. The van der Waals surface area contributed by atoms with E-state index in [1.807, 2.05) is 0 Å². The lowest BCUT2D eigenvalue weighted by atomic mass is 10.1. The SMILES string of the molecule is C=CS(=O)(=O)c1ccc(OC)c(N=Nc2c(S(=O)(=O)O)cc3c(N=Nc4ccc(S(=O)(=O)C=C)cc4S(=O)(=O)O)c(NCS(=O)(=O)O)ccc3c2O)c1. The van der Waals surface area contributed by atoms with E-state index in [0.29, 0.717) is 22.9 Å². The number of anilines is 1. The Kier molecular flexibility index (Phi) is 11.3. The number of hydrogen-bond donors (Lipinski definition) is 5. The number of aromatic hydroxyl groups is 1. The summed E-state index contributed by atoms with van der Waals surface area (Å²) in [5.41, 5.74) is -2.78. The van der Waals surface area contributed by atoms with Crippen molar-refractivity contribution in [3.8, 4) is 11.5 Å². The number of fused-ring (bicyclic) bond motifs is 1. The molecule has 4 rings (SSSR count). The van der Waals surface area contributed by atoms with Crippen LogP contribution in [0.2, 0.25) is 0 Å². The molecule has 0 amide bonds. The summed E-state index contributed by atoms with van der Waals surface area (Å²) in [5, 5.41) is 29.1. The fraction of sp³-hybridized carbons (Fsp3) is 0.0714. The number of rotatable bonds is 14. The van der Waals surface area contributed by atoms with Crippen LogP contribution in [0, 0.1) is 0 Å². The molecular formula is C28H25N5O15S5. The van der Waals surface area contributed by atoms with Crippen molar-refractivity contribution in [3.05, 3.63) is 78.6 Å². The Hall–Kier alpha value is -5.15. The maximum Gasteiger partial charge on any atom is 0.296 e. The number of phenols is 1. The third kappa shape index (κ3) is 9.08. The summed E-state index contributed by atoms with van der Waals surface area (Å²) in [5.74, 6) is -2.22. The van der Waals surface area contributed by atoms with E-state index in [0.717, 1.165) is 36.4 Å². The molecule has 0 heterocycles. The van der Waals surface area contributed by atoms with Crippen molar-refractivity contribution >= 4 is 89.2 Å². The van der Waals surface area contributed by atoms with Gasteiger partial charge >= 0.3 is 0 Å². The number of hydrogen-bond acceptors (Lipinski definition) is 17. The van der Waals surface area contributed by atoms with E-state index < -0.39 is 98.8 Å². The molecule has 25 heteroatoms. The molecule has 0 fully saturated rings. The fourth-order valence-corrected chi connectivity index (χ4v) is 7.57. The summed E-state index contributed by atoms with van der Waals surface area (Å²) in [7, 11) is -22.3. The van der Waals surface area contributed by atoms with E-state index in [2.05, 4.69) is 38.9 Å². The molecule has 0 aliphatic rings. The number of phenolic OH excluding ortho intramolecular Hbond substituents is 1. The highest BCUT2D eigenvalue weighted by Crippen LogP contribution is 2.47. The second-order valence-electron chi connectivity index (χ2n) is 10.3. The number of sulfone groups is 2. The Bertz CT molecular complexity index is 2820. The molecule has 0 spiro atoms. The predicted molar refractivity (Wildman–Crippen MR) is 188 cm³/mol. The summed E-state index contributed by atoms with van der Waals surface area (Å²) in [6.45, 7) is 6.35. The van der Waals surface area contributed by atoms with E-state index in [9.17, 15) is 60.9 Å². The van der Waals surface area contributed by atoms with Gasteiger partial charge in [0.25, 0.3) is 30.4 Å². The Labute approximate surface area is 302 Å². The molecule has 53 heavy (non-hydrogen) atoms. The lowest BCUT2D eigenvalue weighted by Crippen LogP contribution is -2.13. The highest BCUT2D eigenvalue weighted by molar-refractivity contribution is 7.94. The van der Waals surface area contributed by atoms with Crippen LogP contribution in [-0.4, -0.2) is 73.8 Å². The Morgan fingerprint density at radius 1 is 0.660 bits per heavy atom. The predicted octanol–water partition coefficient (Wildman–Crippen LogP) is 4.97. The molecule has 5 N–H and O–H groups in total. The zero-order chi connectivity index (χ0) is 39.7. The van der Waals surface area contributed by atoms with Gasteiger partial charge in [0, 0.05) is 21.6 Å². The molecule has 0 saturated heterocycles. The van der Waals surface area contributed by atoms with Gasteiger partial charge < -0.3 is 15.2 Å². The van der Waals surface area contributed by atoms with Crippen LogP contribution in [0.1, 0.15) is 0 Å². The number of benzene rings is 4. The van der Waals surface area contributed by atoms with Crippen molar-refractivity contribution in [2.75, 3.05) is 18.3 Å². The van der Waals surface area contributed by atoms with Gasteiger partial charge in [-0.2, -0.15) is 25.3 Å². The third-order valence-corrected chi connectivity index (χ3v) is 11.9. The van der Waals surface area contributed by atoms with Crippen molar-refractivity contribution in [2.24, 2.45) is 20.5 Å². The van der Waals surface area contributed by atoms with E-state index >= 15 is 0 Å². The molecule has 0 aliphatic carbocycles. The largest absolute Gasteiger partial charge is 0.505 e. The number of nitrogens with zero attached hydrogens (tertiary/aromatic N) is 4. The lowest BCUT2D eigenvalue weighted by Gasteiger charge is -2.14. The van der Waals surface area contributed by atoms with Crippen LogP contribution >= 0.6 is 0 Å². The minimum Gasteiger partial charge on any atom is -0.505 e. The van der Waals surface area contributed by atoms with Crippen LogP contribution in [0.25, 0.3) is 10.8 Å². The molecular weight excluding hydrogens is 807 g/mol. The average Bonchev–Trinajstić information content (AvgIpc) is 3.07. The number of ether oxygens (including phenoxy) is 1. The van der Waals surface area contributed by atoms with Gasteiger partial charge in [0.2, 0.25) is 0 Å². The van der Waals surface area contributed by atoms with Crippen LogP contribution in [-0.2, 0) is 50.0 Å². The first kappa shape index (κ1) is 40.6. The van der Waals surface area contributed by atoms with E-state index in [-0.39, 0.29) is 27.4 Å². The summed E-state index contributed by atoms with van der Waals surface area (Å²) in [6.07, 6.45) is 0. The first-order chi connectivity index (χ1) is 24.4. The Morgan fingerprint density at radius 2 is 1.21 bits per heavy atom. The second kappa shape index (κ2) is 14.7. The Balaban J connectivity index is 2.04. The average molecular weight is 832 g/mol. The van der Waals surface area contributed by atoms with Gasteiger partial charge in [-0.3, -0.25) is 13.7 Å². The number of azo groups is 2. The van der Waals surface area contributed by atoms with E-state index in [1.165, 1.54) is 13.2 Å². The summed E-state index contributed by atoms with van der Waals surface area (Å²) < 4.78 is 156. The van der Waals surface area contributed by atoms with Crippen molar-refractivity contribution < 1.29 is 65.6 Å². The van der Waals surface area contributed by atoms with Crippen LogP contribution in [0.4, 0.5) is 28.4 Å². The zero-order valence-electron chi connectivity index (χ0n) is 26.6. The first-order valence-electron chi connectivity index (χ1n) is 13.8. The maximum absolute atomic E-state index is 12.6. The minimum atomic E-state index is -5.34. The molecule has 0 radical (unpaired) electrons. The molecule has 20 nitrogen and oxygen atoms in total. The van der Waals surface area contributed by atoms with Crippen LogP contribution < -0.4 is 10.1 Å². The highest BCUT2D eigenvalue weighted by atomic mass is 32.2. The zero-order valence-corrected chi connectivity index (χ0v) is 30.7. The number of methoxy groups -OCH3 is 1. The molecule has 282 valence electrons. The molecule has 0 unspecified atom stereocenters. The topological polar surface area (TPSA) is 322 Å². The molecule has 0 aliphatic heterocycles. The summed E-state index contributed by atoms with van der Waals surface area (Å²) in [4.78, 5) is -3.13. The van der Waals surface area contributed by atoms with Crippen LogP contribution in [0.5, 0.6) is 11.5 Å². The quantitative estimate of drug-likeness (QED) is 0.0827. The van der Waals surface area contributed by atoms with Crippen LogP contribution in [0.15, 0.2) is 119 Å². The summed E-state index contributed by atoms with van der Waals surface area (Å²) in [6, 6.07) is 8.43. The molecule has 0 atom stereocenters. The summed E-state index contributed by atoms with van der Waals surface area (Å²) >= 11 is 0. The smallest absolute Gasteiger partial charge is 0.296 e. The van der Waals surface area contributed by atoms with Gasteiger partial charge in [0.15, 0.2) is 25.4 Å². The van der Waals surface area contributed by atoms with Gasteiger partial charge in [-0.15, -0.1) is 20.5 Å². The molecule has 0 bridgehead atoms. The van der Waals surface area contributed by atoms with Gasteiger partial charge in [0.05, 0.1) is 22.6 Å². The lowest BCUT2D eigenvalue weighted by molar-refractivity contribution is 0.415. The van der Waals surface area contributed by atoms with Crippen molar-refractivity contribution in [1.29, 1.82) is 0 Å². The normalized spacial score (nSPS) is 13.1. The van der Waals surface area contributed by atoms with Gasteiger partial charge in [0.1, 0.15) is 44.2 Å².